The van der Waals surface area contributed by atoms with Crippen molar-refractivity contribution in [3.05, 3.63) is 17.9 Å². The van der Waals surface area contributed by atoms with Gasteiger partial charge in [0.25, 0.3) is 5.91 Å². The molecule has 134 valence electrons. The summed E-state index contributed by atoms with van der Waals surface area (Å²) in [6.45, 7) is 2.85. The maximum absolute atomic E-state index is 14.0. The molecular weight excluding hydrogens is 331 g/mol. The predicted molar refractivity (Wildman–Crippen MR) is 88.0 cm³/mol. The van der Waals surface area contributed by atoms with Crippen LogP contribution in [0.4, 0.5) is 20.6 Å². The SMILES string of the molecule is CCCN1CC(NC(=O)Nc2cc(F)c3c(c2)NC(=O)CO3)CC1=O. The Balaban J connectivity index is 1.62. The van der Waals surface area contributed by atoms with Crippen molar-refractivity contribution in [1.29, 1.82) is 0 Å². The normalized spacial score (nSPS) is 19.1. The Bertz CT molecular complexity index is 724. The number of nitrogens with zero attached hydrogens (tertiary/aromatic N) is 1. The van der Waals surface area contributed by atoms with Crippen LogP contribution in [0, 0.1) is 5.82 Å². The van der Waals surface area contributed by atoms with Gasteiger partial charge in [-0.2, -0.15) is 0 Å². The van der Waals surface area contributed by atoms with Gasteiger partial charge in [-0.15, -0.1) is 0 Å². The van der Waals surface area contributed by atoms with E-state index in [2.05, 4.69) is 16.0 Å². The Kier molecular flexibility index (Phi) is 4.73. The van der Waals surface area contributed by atoms with Crippen LogP contribution < -0.4 is 20.7 Å². The first kappa shape index (κ1) is 17.0. The zero-order valence-corrected chi connectivity index (χ0v) is 13.7. The molecule has 2 heterocycles. The highest BCUT2D eigenvalue weighted by Crippen LogP contribution is 2.33. The van der Waals surface area contributed by atoms with Crippen molar-refractivity contribution in [2.75, 3.05) is 30.3 Å². The van der Waals surface area contributed by atoms with Crippen molar-refractivity contribution < 1.29 is 23.5 Å². The molecule has 1 atom stereocenters. The molecule has 0 saturated carbocycles. The minimum Gasteiger partial charge on any atom is -0.478 e. The fourth-order valence-corrected chi connectivity index (χ4v) is 2.94. The average molecular weight is 350 g/mol. The van der Waals surface area contributed by atoms with E-state index in [0.717, 1.165) is 12.5 Å². The highest BCUT2D eigenvalue weighted by Gasteiger charge is 2.30. The molecule has 1 unspecified atom stereocenters. The summed E-state index contributed by atoms with van der Waals surface area (Å²) < 4.78 is 19.0. The molecule has 3 N–H and O–H groups in total. The van der Waals surface area contributed by atoms with E-state index in [1.807, 2.05) is 6.92 Å². The predicted octanol–water partition coefficient (Wildman–Crippen LogP) is 1.29. The molecule has 1 fully saturated rings. The van der Waals surface area contributed by atoms with Gasteiger partial charge in [0.15, 0.2) is 18.2 Å². The second-order valence-electron chi connectivity index (χ2n) is 6.01. The Labute approximate surface area is 143 Å². The minimum absolute atomic E-state index is 0.00633. The Hall–Kier alpha value is -2.84. The minimum atomic E-state index is -0.682. The number of carbonyl (C=O) groups excluding carboxylic acids is 3. The molecule has 0 aromatic heterocycles. The third kappa shape index (κ3) is 3.81. The molecule has 0 spiro atoms. The van der Waals surface area contributed by atoms with Crippen molar-refractivity contribution in [3.8, 4) is 5.75 Å². The van der Waals surface area contributed by atoms with Crippen molar-refractivity contribution >= 4 is 29.2 Å². The van der Waals surface area contributed by atoms with Gasteiger partial charge in [-0.3, -0.25) is 9.59 Å². The van der Waals surface area contributed by atoms with Gasteiger partial charge in [-0.25, -0.2) is 9.18 Å². The molecule has 9 heteroatoms. The second kappa shape index (κ2) is 6.96. The molecular formula is C16H19FN4O4. The zero-order valence-electron chi connectivity index (χ0n) is 13.7. The number of likely N-dealkylation sites (tertiary alicyclic amines) is 1. The van der Waals surface area contributed by atoms with Gasteiger partial charge in [0, 0.05) is 31.3 Å². The first-order valence-electron chi connectivity index (χ1n) is 8.07. The van der Waals surface area contributed by atoms with Crippen molar-refractivity contribution in [1.82, 2.24) is 10.2 Å². The number of fused-ring (bicyclic) bond motifs is 1. The molecule has 8 nitrogen and oxygen atoms in total. The zero-order chi connectivity index (χ0) is 18.0. The third-order valence-corrected chi connectivity index (χ3v) is 3.97. The van der Waals surface area contributed by atoms with E-state index in [1.54, 1.807) is 4.90 Å². The lowest BCUT2D eigenvalue weighted by molar-refractivity contribution is -0.127. The number of hydrogen-bond acceptors (Lipinski definition) is 4. The van der Waals surface area contributed by atoms with Gasteiger partial charge in [-0.1, -0.05) is 6.92 Å². The number of benzene rings is 1. The fraction of sp³-hybridized carbons (Fsp3) is 0.438. The van der Waals surface area contributed by atoms with Crippen LogP contribution in [0.25, 0.3) is 0 Å². The molecule has 1 aromatic rings. The lowest BCUT2D eigenvalue weighted by atomic mass is 10.2. The number of anilines is 2. The summed E-state index contributed by atoms with van der Waals surface area (Å²) in [6.07, 6.45) is 1.10. The van der Waals surface area contributed by atoms with E-state index in [9.17, 15) is 18.8 Å². The number of nitrogens with one attached hydrogen (secondary N) is 3. The van der Waals surface area contributed by atoms with Gasteiger partial charge >= 0.3 is 6.03 Å². The number of halogens is 1. The molecule has 0 radical (unpaired) electrons. The van der Waals surface area contributed by atoms with Gasteiger partial charge < -0.3 is 25.6 Å². The summed E-state index contributed by atoms with van der Waals surface area (Å²) in [5, 5.41) is 7.70. The first-order chi connectivity index (χ1) is 12.0. The Morgan fingerprint density at radius 3 is 3.00 bits per heavy atom. The van der Waals surface area contributed by atoms with Crippen LogP contribution in [0.15, 0.2) is 12.1 Å². The van der Waals surface area contributed by atoms with E-state index in [-0.39, 0.29) is 42.1 Å². The van der Waals surface area contributed by atoms with Crippen LogP contribution in [0.2, 0.25) is 0 Å². The molecule has 0 aliphatic carbocycles. The van der Waals surface area contributed by atoms with E-state index >= 15 is 0 Å². The summed E-state index contributed by atoms with van der Waals surface area (Å²) in [6, 6.07) is 1.69. The largest absolute Gasteiger partial charge is 0.478 e. The van der Waals surface area contributed by atoms with Crippen LogP contribution in [0.3, 0.4) is 0 Å². The molecule has 2 aliphatic heterocycles. The van der Waals surface area contributed by atoms with Crippen LogP contribution in [-0.2, 0) is 9.59 Å². The van der Waals surface area contributed by atoms with Crippen LogP contribution in [-0.4, -0.2) is 48.5 Å². The second-order valence-corrected chi connectivity index (χ2v) is 6.01. The fourth-order valence-electron chi connectivity index (χ4n) is 2.94. The lowest BCUT2D eigenvalue weighted by Crippen LogP contribution is -2.39. The van der Waals surface area contributed by atoms with Crippen molar-refractivity contribution in [2.45, 2.75) is 25.8 Å². The number of ether oxygens (including phenoxy) is 1. The third-order valence-electron chi connectivity index (χ3n) is 3.97. The number of rotatable bonds is 4. The maximum atomic E-state index is 14.0. The highest BCUT2D eigenvalue weighted by atomic mass is 19.1. The first-order valence-corrected chi connectivity index (χ1v) is 8.07. The smallest absolute Gasteiger partial charge is 0.319 e. The van der Waals surface area contributed by atoms with E-state index in [1.165, 1.54) is 6.07 Å². The van der Waals surface area contributed by atoms with Gasteiger partial charge in [0.2, 0.25) is 5.91 Å². The quantitative estimate of drug-likeness (QED) is 0.762. The Morgan fingerprint density at radius 2 is 2.24 bits per heavy atom. The van der Waals surface area contributed by atoms with E-state index in [0.29, 0.717) is 13.1 Å². The van der Waals surface area contributed by atoms with Crippen LogP contribution in [0.5, 0.6) is 5.75 Å². The molecule has 1 saturated heterocycles. The van der Waals surface area contributed by atoms with Gasteiger partial charge in [0.05, 0.1) is 11.7 Å². The highest BCUT2D eigenvalue weighted by molar-refractivity contribution is 5.97. The standard InChI is InChI=1S/C16H19FN4O4/c1-2-3-21-7-10(6-14(21)23)19-16(24)18-9-4-11(17)15-12(5-9)20-13(22)8-25-15/h4-5,10H,2-3,6-8H2,1H3,(H,20,22)(H2,18,19,24). The molecule has 2 aliphatic rings. The topological polar surface area (TPSA) is 99.8 Å². The summed E-state index contributed by atoms with van der Waals surface area (Å²) in [5.74, 6) is -1.12. The van der Waals surface area contributed by atoms with E-state index < -0.39 is 17.8 Å². The molecule has 25 heavy (non-hydrogen) atoms. The van der Waals surface area contributed by atoms with Crippen LogP contribution >= 0.6 is 0 Å². The summed E-state index contributed by atoms with van der Waals surface area (Å²) in [5.41, 5.74) is 0.339. The monoisotopic (exact) mass is 350 g/mol. The van der Waals surface area contributed by atoms with Gasteiger partial charge in [-0.05, 0) is 12.5 Å². The number of amides is 4. The van der Waals surface area contributed by atoms with Crippen molar-refractivity contribution in [2.24, 2.45) is 0 Å². The molecule has 4 amide bonds. The lowest BCUT2D eigenvalue weighted by Gasteiger charge is -2.20. The van der Waals surface area contributed by atoms with E-state index in [4.69, 9.17) is 4.74 Å². The summed E-state index contributed by atoms with van der Waals surface area (Å²) in [4.78, 5) is 36.9. The maximum Gasteiger partial charge on any atom is 0.319 e. The molecule has 1 aromatic carbocycles. The molecule has 3 rings (SSSR count). The Morgan fingerprint density at radius 1 is 1.44 bits per heavy atom. The number of hydrogen-bond donors (Lipinski definition) is 3. The average Bonchev–Trinajstić information content (AvgIpc) is 2.86. The van der Waals surface area contributed by atoms with Crippen molar-refractivity contribution in [3.63, 3.8) is 0 Å². The molecule has 0 bridgehead atoms. The summed E-state index contributed by atoms with van der Waals surface area (Å²) in [7, 11) is 0. The van der Waals surface area contributed by atoms with Crippen LogP contribution in [0.1, 0.15) is 19.8 Å². The number of carbonyl (C=O) groups is 3. The van der Waals surface area contributed by atoms with Gasteiger partial charge in [0.1, 0.15) is 0 Å². The number of urea groups is 1. The summed E-state index contributed by atoms with van der Waals surface area (Å²) >= 11 is 0.